The summed E-state index contributed by atoms with van der Waals surface area (Å²) in [4.78, 5) is 4.28. The third-order valence-corrected chi connectivity index (χ3v) is 5.16. The van der Waals surface area contributed by atoms with Crippen molar-refractivity contribution in [2.45, 2.75) is 27.2 Å². The summed E-state index contributed by atoms with van der Waals surface area (Å²) in [5, 5.41) is 0. The molecular formula is C15H22N4O2S. The maximum Gasteiger partial charge on any atom is 0.301 e. The lowest BCUT2D eigenvalue weighted by Gasteiger charge is -2.19. The van der Waals surface area contributed by atoms with Crippen molar-refractivity contribution in [1.82, 2.24) is 13.9 Å². The molecule has 0 aliphatic rings. The predicted octanol–water partition coefficient (Wildman–Crippen LogP) is 2.43. The van der Waals surface area contributed by atoms with E-state index in [2.05, 4.69) is 9.71 Å². The summed E-state index contributed by atoms with van der Waals surface area (Å²) in [5.74, 6) is 0.969. The summed E-state index contributed by atoms with van der Waals surface area (Å²) >= 11 is 0. The van der Waals surface area contributed by atoms with Crippen LogP contribution in [0.4, 0.5) is 5.69 Å². The van der Waals surface area contributed by atoms with Gasteiger partial charge in [-0.2, -0.15) is 12.7 Å². The molecule has 0 saturated carbocycles. The van der Waals surface area contributed by atoms with E-state index in [1.807, 2.05) is 43.7 Å². The first-order chi connectivity index (χ1) is 10.5. The van der Waals surface area contributed by atoms with Crippen molar-refractivity contribution in [1.29, 1.82) is 0 Å². The molecular weight excluding hydrogens is 300 g/mol. The number of hydrogen-bond acceptors (Lipinski definition) is 3. The SMILES string of the molecule is CCc1nccn1-c1ccc(NS(=O)(=O)N(CC)CC)cc1. The van der Waals surface area contributed by atoms with Gasteiger partial charge in [0.1, 0.15) is 5.82 Å². The van der Waals surface area contributed by atoms with Gasteiger partial charge in [0.05, 0.1) is 0 Å². The number of rotatable bonds is 7. The fraction of sp³-hybridized carbons (Fsp3) is 0.400. The summed E-state index contributed by atoms with van der Waals surface area (Å²) in [6, 6.07) is 7.27. The standard InChI is InChI=1S/C15H22N4O2S/c1-4-15-16-11-12-19(15)14-9-7-13(8-10-14)17-22(20,21)18(5-2)6-3/h7-12,17H,4-6H2,1-3H3. The van der Waals surface area contributed by atoms with Gasteiger partial charge in [0.25, 0.3) is 0 Å². The summed E-state index contributed by atoms with van der Waals surface area (Å²) in [6.45, 7) is 6.57. The van der Waals surface area contributed by atoms with Crippen molar-refractivity contribution in [2.24, 2.45) is 0 Å². The van der Waals surface area contributed by atoms with Crippen molar-refractivity contribution in [3.63, 3.8) is 0 Å². The van der Waals surface area contributed by atoms with Gasteiger partial charge in [-0.05, 0) is 24.3 Å². The molecule has 1 N–H and O–H groups in total. The maximum absolute atomic E-state index is 12.2. The minimum Gasteiger partial charge on any atom is -0.304 e. The zero-order valence-corrected chi connectivity index (χ0v) is 14.0. The van der Waals surface area contributed by atoms with Crippen LogP contribution in [0, 0.1) is 0 Å². The second-order valence-electron chi connectivity index (χ2n) is 4.81. The Morgan fingerprint density at radius 3 is 2.32 bits per heavy atom. The Morgan fingerprint density at radius 2 is 1.77 bits per heavy atom. The minimum absolute atomic E-state index is 0.443. The van der Waals surface area contributed by atoms with Crippen LogP contribution in [0.2, 0.25) is 0 Å². The highest BCUT2D eigenvalue weighted by atomic mass is 32.2. The molecule has 0 fully saturated rings. The molecule has 0 amide bonds. The number of hydrogen-bond donors (Lipinski definition) is 1. The third kappa shape index (κ3) is 3.48. The summed E-state index contributed by atoms with van der Waals surface area (Å²) in [6.07, 6.45) is 4.49. The molecule has 1 heterocycles. The van der Waals surface area contributed by atoms with Crippen LogP contribution in [0.1, 0.15) is 26.6 Å². The molecule has 2 aromatic rings. The topological polar surface area (TPSA) is 67.2 Å². The van der Waals surface area contributed by atoms with E-state index in [0.717, 1.165) is 17.9 Å². The highest BCUT2D eigenvalue weighted by Crippen LogP contribution is 2.17. The average Bonchev–Trinajstić information content (AvgIpc) is 2.97. The Kier molecular flexibility index (Phi) is 5.20. The normalized spacial score (nSPS) is 11.8. The molecule has 1 aromatic heterocycles. The number of aromatic nitrogens is 2. The van der Waals surface area contributed by atoms with Gasteiger partial charge in [-0.3, -0.25) is 4.72 Å². The maximum atomic E-state index is 12.2. The van der Waals surface area contributed by atoms with Crippen molar-refractivity contribution < 1.29 is 8.42 Å². The van der Waals surface area contributed by atoms with Crippen molar-refractivity contribution in [3.05, 3.63) is 42.5 Å². The van der Waals surface area contributed by atoms with Crippen LogP contribution < -0.4 is 4.72 Å². The third-order valence-electron chi connectivity index (χ3n) is 3.47. The van der Waals surface area contributed by atoms with Crippen LogP contribution in [-0.2, 0) is 16.6 Å². The second kappa shape index (κ2) is 6.93. The van der Waals surface area contributed by atoms with E-state index in [1.54, 1.807) is 18.3 Å². The predicted molar refractivity (Wildman–Crippen MR) is 88.4 cm³/mol. The van der Waals surface area contributed by atoms with Crippen LogP contribution in [0.5, 0.6) is 0 Å². The van der Waals surface area contributed by atoms with Crippen LogP contribution in [0.3, 0.4) is 0 Å². The van der Waals surface area contributed by atoms with Crippen LogP contribution in [0.15, 0.2) is 36.7 Å². The molecule has 120 valence electrons. The van der Waals surface area contributed by atoms with E-state index in [0.29, 0.717) is 18.8 Å². The summed E-state index contributed by atoms with van der Waals surface area (Å²) < 4.78 is 30.3. The minimum atomic E-state index is -3.49. The number of imidazole rings is 1. The van der Waals surface area contributed by atoms with Gasteiger partial charge < -0.3 is 4.57 Å². The molecule has 0 aliphatic heterocycles. The number of aryl methyl sites for hydroxylation is 1. The lowest BCUT2D eigenvalue weighted by atomic mass is 10.3. The van der Waals surface area contributed by atoms with E-state index in [9.17, 15) is 8.42 Å². The Labute approximate surface area is 132 Å². The van der Waals surface area contributed by atoms with Gasteiger partial charge in [0.2, 0.25) is 0 Å². The van der Waals surface area contributed by atoms with E-state index >= 15 is 0 Å². The molecule has 7 heteroatoms. The first-order valence-corrected chi connectivity index (χ1v) is 8.86. The van der Waals surface area contributed by atoms with Gasteiger partial charge in [-0.1, -0.05) is 20.8 Å². The second-order valence-corrected chi connectivity index (χ2v) is 6.48. The van der Waals surface area contributed by atoms with Crippen molar-refractivity contribution in [3.8, 4) is 5.69 Å². The Bertz CT molecular complexity index is 703. The Hall–Kier alpha value is -1.86. The van der Waals surface area contributed by atoms with E-state index < -0.39 is 10.2 Å². The van der Waals surface area contributed by atoms with Crippen LogP contribution in [0.25, 0.3) is 5.69 Å². The first-order valence-electron chi connectivity index (χ1n) is 7.42. The van der Waals surface area contributed by atoms with Gasteiger partial charge >= 0.3 is 10.2 Å². The highest BCUT2D eigenvalue weighted by Gasteiger charge is 2.18. The lowest BCUT2D eigenvalue weighted by molar-refractivity contribution is 0.449. The van der Waals surface area contributed by atoms with Crippen LogP contribution >= 0.6 is 0 Å². The molecule has 22 heavy (non-hydrogen) atoms. The van der Waals surface area contributed by atoms with Crippen molar-refractivity contribution in [2.75, 3.05) is 17.8 Å². The molecule has 0 unspecified atom stereocenters. The first kappa shape index (κ1) is 16.5. The number of nitrogens with one attached hydrogen (secondary N) is 1. The summed E-state index contributed by atoms with van der Waals surface area (Å²) in [5.41, 5.74) is 1.51. The molecule has 0 spiro atoms. The fourth-order valence-corrected chi connectivity index (χ4v) is 3.54. The zero-order valence-electron chi connectivity index (χ0n) is 13.2. The average molecular weight is 322 g/mol. The number of benzene rings is 1. The van der Waals surface area contributed by atoms with Gasteiger partial charge in [0, 0.05) is 43.3 Å². The largest absolute Gasteiger partial charge is 0.304 e. The zero-order chi connectivity index (χ0) is 16.2. The molecule has 0 bridgehead atoms. The van der Waals surface area contributed by atoms with Gasteiger partial charge in [-0.15, -0.1) is 0 Å². The van der Waals surface area contributed by atoms with E-state index in [-0.39, 0.29) is 0 Å². The Morgan fingerprint density at radius 1 is 1.14 bits per heavy atom. The molecule has 1 aromatic carbocycles. The highest BCUT2D eigenvalue weighted by molar-refractivity contribution is 7.90. The van der Waals surface area contributed by atoms with Gasteiger partial charge in [0.15, 0.2) is 0 Å². The Balaban J connectivity index is 2.19. The molecule has 2 rings (SSSR count). The molecule has 0 radical (unpaired) electrons. The van der Waals surface area contributed by atoms with Crippen LogP contribution in [-0.4, -0.2) is 35.4 Å². The van der Waals surface area contributed by atoms with Gasteiger partial charge in [-0.25, -0.2) is 4.98 Å². The summed E-state index contributed by atoms with van der Waals surface area (Å²) in [7, 11) is -3.49. The van der Waals surface area contributed by atoms with Crippen molar-refractivity contribution >= 4 is 15.9 Å². The molecule has 0 aliphatic carbocycles. The molecule has 6 nitrogen and oxygen atoms in total. The smallest absolute Gasteiger partial charge is 0.301 e. The number of anilines is 1. The monoisotopic (exact) mass is 322 g/mol. The molecule has 0 atom stereocenters. The quantitative estimate of drug-likeness (QED) is 0.851. The molecule has 0 saturated heterocycles. The fourth-order valence-electron chi connectivity index (χ4n) is 2.30. The number of nitrogens with zero attached hydrogens (tertiary/aromatic N) is 3. The van der Waals surface area contributed by atoms with E-state index in [4.69, 9.17) is 0 Å². The van der Waals surface area contributed by atoms with E-state index in [1.165, 1.54) is 4.31 Å². The lowest BCUT2D eigenvalue weighted by Crippen LogP contribution is -2.35.